The highest BCUT2D eigenvalue weighted by Gasteiger charge is 2.17. The Hall–Kier alpha value is -3.01. The summed E-state index contributed by atoms with van der Waals surface area (Å²) >= 11 is 0. The Labute approximate surface area is 154 Å². The topological polar surface area (TPSA) is 108 Å². The van der Waals surface area contributed by atoms with Crippen molar-refractivity contribution < 1.29 is 24.2 Å². The molecular formula is C18H19FN4O4. The second kappa shape index (κ2) is 8.12. The van der Waals surface area contributed by atoms with E-state index in [9.17, 15) is 14.3 Å². The highest BCUT2D eigenvalue weighted by atomic mass is 19.1. The molecule has 3 aromatic rings. The number of hydrogen-bond donors (Lipinski definition) is 4. The highest BCUT2D eigenvalue weighted by Crippen LogP contribution is 2.25. The number of pyridine rings is 1. The van der Waals surface area contributed by atoms with Gasteiger partial charge in [-0.3, -0.25) is 14.0 Å². The minimum Gasteiger partial charge on any atom is -0.394 e. The number of hydrogen-bond acceptors (Lipinski definition) is 6. The van der Waals surface area contributed by atoms with Gasteiger partial charge in [0.15, 0.2) is 0 Å². The number of rotatable bonds is 7. The molecule has 1 atom stereocenters. The molecule has 27 heavy (non-hydrogen) atoms. The monoisotopic (exact) mass is 374 g/mol. The van der Waals surface area contributed by atoms with Crippen LogP contribution in [0.2, 0.25) is 0 Å². The molecule has 2 heterocycles. The first-order chi connectivity index (χ1) is 13.0. The number of halogens is 1. The lowest BCUT2D eigenvalue weighted by Gasteiger charge is -2.15. The summed E-state index contributed by atoms with van der Waals surface area (Å²) in [6, 6.07) is 7.94. The van der Waals surface area contributed by atoms with E-state index in [4.69, 9.17) is 9.94 Å². The molecule has 0 spiro atoms. The largest absolute Gasteiger partial charge is 0.394 e. The van der Waals surface area contributed by atoms with Gasteiger partial charge in [0.05, 0.1) is 29.6 Å². The number of aryl methyl sites for hydroxylation is 1. The van der Waals surface area contributed by atoms with E-state index in [0.29, 0.717) is 11.3 Å². The zero-order valence-corrected chi connectivity index (χ0v) is 14.5. The molecule has 3 rings (SSSR count). The minimum atomic E-state index is -1.11. The molecule has 2 aromatic heterocycles. The molecule has 0 aliphatic heterocycles. The van der Waals surface area contributed by atoms with Crippen molar-refractivity contribution in [3.05, 3.63) is 59.8 Å². The first kappa shape index (κ1) is 18.8. The SMILES string of the molecule is Cc1ccc(Nc2c(C(=O)NOC[C@H](O)CO)ccc3cncn23)c(F)c1. The van der Waals surface area contributed by atoms with Gasteiger partial charge in [0.25, 0.3) is 5.91 Å². The number of anilines is 2. The predicted octanol–water partition coefficient (Wildman–Crippen LogP) is 1.54. The van der Waals surface area contributed by atoms with E-state index in [1.165, 1.54) is 12.4 Å². The average molecular weight is 374 g/mol. The number of nitrogens with zero attached hydrogens (tertiary/aromatic N) is 2. The van der Waals surface area contributed by atoms with Gasteiger partial charge in [-0.15, -0.1) is 0 Å². The number of carbonyl (C=O) groups excluding carboxylic acids is 1. The maximum atomic E-state index is 14.3. The van der Waals surface area contributed by atoms with Crippen LogP contribution in [0.5, 0.6) is 0 Å². The van der Waals surface area contributed by atoms with Crippen LogP contribution >= 0.6 is 0 Å². The second-order valence-corrected chi connectivity index (χ2v) is 5.97. The maximum absolute atomic E-state index is 14.3. The van der Waals surface area contributed by atoms with Crippen molar-refractivity contribution in [2.24, 2.45) is 0 Å². The van der Waals surface area contributed by atoms with Crippen LogP contribution in [-0.2, 0) is 4.84 Å². The van der Waals surface area contributed by atoms with Gasteiger partial charge in [0, 0.05) is 0 Å². The van der Waals surface area contributed by atoms with E-state index in [1.54, 1.807) is 41.8 Å². The van der Waals surface area contributed by atoms with E-state index in [0.717, 1.165) is 5.56 Å². The van der Waals surface area contributed by atoms with Gasteiger partial charge in [0.2, 0.25) is 0 Å². The first-order valence-electron chi connectivity index (χ1n) is 8.19. The van der Waals surface area contributed by atoms with Crippen molar-refractivity contribution >= 4 is 22.9 Å². The summed E-state index contributed by atoms with van der Waals surface area (Å²) in [6.07, 6.45) is 1.99. The molecule has 0 saturated carbocycles. The van der Waals surface area contributed by atoms with Crippen LogP contribution in [0.1, 0.15) is 15.9 Å². The van der Waals surface area contributed by atoms with Gasteiger partial charge in [-0.05, 0) is 36.8 Å². The molecule has 0 unspecified atom stereocenters. The fourth-order valence-electron chi connectivity index (χ4n) is 2.46. The number of aliphatic hydroxyl groups is 2. The molecule has 0 aliphatic carbocycles. The number of nitrogens with one attached hydrogen (secondary N) is 2. The van der Waals surface area contributed by atoms with Gasteiger partial charge in [-0.1, -0.05) is 6.07 Å². The van der Waals surface area contributed by atoms with Crippen LogP contribution in [0.25, 0.3) is 5.52 Å². The molecule has 0 aliphatic rings. The number of fused-ring (bicyclic) bond motifs is 1. The lowest BCUT2D eigenvalue weighted by molar-refractivity contribution is -0.0295. The standard InChI is InChI=1S/C18H19FN4O4/c1-11-2-5-16(15(19)6-11)21-17-14(4-3-12-7-20-10-23(12)17)18(26)22-27-9-13(25)8-24/h2-7,10,13,21,24-25H,8-9H2,1H3,(H,22,26)/t13-/m1/s1. The normalized spacial score (nSPS) is 12.1. The third kappa shape index (κ3) is 4.22. The molecule has 8 nitrogen and oxygen atoms in total. The molecule has 4 N–H and O–H groups in total. The fourth-order valence-corrected chi connectivity index (χ4v) is 2.46. The van der Waals surface area contributed by atoms with Gasteiger partial charge in [-0.2, -0.15) is 0 Å². The fraction of sp³-hybridized carbons (Fsp3) is 0.222. The lowest BCUT2D eigenvalue weighted by atomic mass is 10.2. The van der Waals surface area contributed by atoms with E-state index in [2.05, 4.69) is 15.8 Å². The molecule has 9 heteroatoms. The number of amides is 1. The summed E-state index contributed by atoms with van der Waals surface area (Å²) in [6.45, 7) is 1.02. The summed E-state index contributed by atoms with van der Waals surface area (Å²) in [5.74, 6) is -0.761. The van der Waals surface area contributed by atoms with Crippen molar-refractivity contribution in [2.75, 3.05) is 18.5 Å². The summed E-state index contributed by atoms with van der Waals surface area (Å²) in [5.41, 5.74) is 4.05. The van der Waals surface area contributed by atoms with Crippen LogP contribution in [0.4, 0.5) is 15.9 Å². The summed E-state index contributed by atoms with van der Waals surface area (Å²) in [7, 11) is 0. The number of aromatic nitrogens is 2. The molecule has 0 fully saturated rings. The Morgan fingerprint density at radius 3 is 2.93 bits per heavy atom. The van der Waals surface area contributed by atoms with Crippen molar-refractivity contribution in [2.45, 2.75) is 13.0 Å². The molecule has 1 aromatic carbocycles. The number of carbonyl (C=O) groups is 1. The number of aliphatic hydroxyl groups excluding tert-OH is 2. The van der Waals surface area contributed by atoms with Gasteiger partial charge < -0.3 is 15.5 Å². The molecule has 0 bridgehead atoms. The van der Waals surface area contributed by atoms with Crippen molar-refractivity contribution in [3.8, 4) is 0 Å². The Bertz CT molecular complexity index is 960. The van der Waals surface area contributed by atoms with E-state index < -0.39 is 24.4 Å². The lowest BCUT2D eigenvalue weighted by Crippen LogP contribution is -2.30. The Morgan fingerprint density at radius 1 is 1.37 bits per heavy atom. The van der Waals surface area contributed by atoms with Crippen LogP contribution < -0.4 is 10.8 Å². The molecule has 142 valence electrons. The van der Waals surface area contributed by atoms with E-state index >= 15 is 0 Å². The Kier molecular flexibility index (Phi) is 5.65. The van der Waals surface area contributed by atoms with E-state index in [-0.39, 0.29) is 17.9 Å². The third-order valence-corrected chi connectivity index (χ3v) is 3.86. The molecule has 0 radical (unpaired) electrons. The van der Waals surface area contributed by atoms with Crippen molar-refractivity contribution in [1.82, 2.24) is 14.9 Å². The van der Waals surface area contributed by atoms with Gasteiger partial charge in [-0.25, -0.2) is 14.9 Å². The van der Waals surface area contributed by atoms with Crippen LogP contribution in [0.15, 0.2) is 42.9 Å². The predicted molar refractivity (Wildman–Crippen MR) is 96.1 cm³/mol. The van der Waals surface area contributed by atoms with Gasteiger partial charge in [0.1, 0.15) is 30.7 Å². The van der Waals surface area contributed by atoms with Crippen LogP contribution in [0.3, 0.4) is 0 Å². The summed E-state index contributed by atoms with van der Waals surface area (Å²) < 4.78 is 15.9. The number of hydroxylamine groups is 1. The molecule has 1 amide bonds. The minimum absolute atomic E-state index is 0.180. The summed E-state index contributed by atoms with van der Waals surface area (Å²) in [5, 5.41) is 21.0. The van der Waals surface area contributed by atoms with Crippen molar-refractivity contribution in [3.63, 3.8) is 0 Å². The van der Waals surface area contributed by atoms with Crippen LogP contribution in [-0.4, -0.2) is 44.8 Å². The molecular weight excluding hydrogens is 355 g/mol. The zero-order valence-electron chi connectivity index (χ0n) is 14.5. The zero-order chi connectivity index (χ0) is 19.4. The summed E-state index contributed by atoms with van der Waals surface area (Å²) in [4.78, 5) is 21.4. The third-order valence-electron chi connectivity index (χ3n) is 3.86. The number of benzene rings is 1. The Morgan fingerprint density at radius 2 is 2.19 bits per heavy atom. The van der Waals surface area contributed by atoms with Crippen molar-refractivity contribution in [1.29, 1.82) is 0 Å². The van der Waals surface area contributed by atoms with Gasteiger partial charge >= 0.3 is 0 Å². The second-order valence-electron chi connectivity index (χ2n) is 5.97. The van der Waals surface area contributed by atoms with Crippen LogP contribution in [0, 0.1) is 12.7 Å². The highest BCUT2D eigenvalue weighted by molar-refractivity contribution is 5.99. The number of imidazole rings is 1. The van der Waals surface area contributed by atoms with E-state index in [1.807, 2.05) is 0 Å². The Balaban J connectivity index is 1.91. The maximum Gasteiger partial charge on any atom is 0.278 e. The molecule has 0 saturated heterocycles. The quantitative estimate of drug-likeness (QED) is 0.467. The first-order valence-corrected chi connectivity index (χ1v) is 8.19. The average Bonchev–Trinajstić information content (AvgIpc) is 3.12. The smallest absolute Gasteiger partial charge is 0.278 e.